The van der Waals surface area contributed by atoms with Crippen molar-refractivity contribution in [1.82, 2.24) is 0 Å². The highest BCUT2D eigenvalue weighted by atomic mass is 32.3. The molecule has 0 fully saturated rings. The summed E-state index contributed by atoms with van der Waals surface area (Å²) in [5.41, 5.74) is 0. The predicted molar refractivity (Wildman–Crippen MR) is 302 cm³/mol. The standard InChI is InChI=1S/C35H32O4S20/c1-7-38-18(36)9-11-40-20-22(50-28(48-20)30-56-32-33(57-30)53-26(52-32)24-44-14(3)15(4)45-24)42-13-43-23-21(41-12-10-19(37)39-8-2)49-29(51-23)31-58-34-35(59-31)55-27(54-34)25-46-16(5)17(6)47-25/h7-13H2,1-6H3. The molecule has 4 nitrogen and oxygen atoms in total. The third-order valence-electron chi connectivity index (χ3n) is 7.60. The highest BCUT2D eigenvalue weighted by molar-refractivity contribution is 8.52. The summed E-state index contributed by atoms with van der Waals surface area (Å²) in [5, 5.41) is 0.876. The van der Waals surface area contributed by atoms with Crippen molar-refractivity contribution in [2.24, 2.45) is 0 Å². The van der Waals surface area contributed by atoms with E-state index in [0.29, 0.717) is 37.6 Å². The van der Waals surface area contributed by atoms with Crippen molar-refractivity contribution in [2.75, 3.05) is 29.8 Å². The van der Waals surface area contributed by atoms with Gasteiger partial charge in [-0.15, -0.1) is 47.0 Å². The van der Waals surface area contributed by atoms with E-state index in [9.17, 15) is 9.59 Å². The summed E-state index contributed by atoms with van der Waals surface area (Å²) in [6, 6.07) is 0. The molecule has 0 saturated heterocycles. The Labute approximate surface area is 431 Å². The number of hydrogen-bond acceptors (Lipinski definition) is 24. The number of ether oxygens (including phenoxy) is 2. The molecule has 0 amide bonds. The number of rotatable bonds is 14. The second-order valence-electron chi connectivity index (χ2n) is 11.7. The Morgan fingerprint density at radius 1 is 0.373 bits per heavy atom. The van der Waals surface area contributed by atoms with Gasteiger partial charge in [-0.2, -0.15) is 0 Å². The largest absolute Gasteiger partial charge is 0.466 e. The summed E-state index contributed by atoms with van der Waals surface area (Å²) in [6.07, 6.45) is 0.811. The van der Waals surface area contributed by atoms with Gasteiger partial charge < -0.3 is 9.47 Å². The van der Waals surface area contributed by atoms with Crippen LogP contribution in [-0.4, -0.2) is 41.7 Å². The number of carbonyl (C=O) groups is 2. The molecule has 0 aromatic heterocycles. The van der Waals surface area contributed by atoms with E-state index in [2.05, 4.69) is 27.7 Å². The second kappa shape index (κ2) is 23.1. The van der Waals surface area contributed by atoms with E-state index in [1.165, 1.54) is 87.4 Å². The minimum atomic E-state index is -0.135. The molecular weight excluding hydrogens is 1130 g/mol. The second-order valence-corrected chi connectivity index (χ2v) is 37.5. The molecule has 0 saturated carbocycles. The van der Waals surface area contributed by atoms with Crippen LogP contribution in [0.3, 0.4) is 0 Å². The summed E-state index contributed by atoms with van der Waals surface area (Å²) in [5.74, 6) is 1.13. The molecule has 0 atom stereocenters. The molecule has 8 heterocycles. The number of carbonyl (C=O) groups excluding carboxylic acids is 2. The van der Waals surface area contributed by atoms with Crippen molar-refractivity contribution in [3.8, 4) is 0 Å². The van der Waals surface area contributed by atoms with Crippen LogP contribution in [0.2, 0.25) is 0 Å². The SMILES string of the molecule is CCOC(=O)CCSC1=C(SCSC2=C(SCCC(=O)OCC)SC(=C3SC4=C(SC(=C5SC(C)=C(C)S5)S4)S3)S2)SC(=C2SC3=C(SC(=C4SC(C)=C(C)S4)S3)S2)S1. The van der Waals surface area contributed by atoms with Crippen molar-refractivity contribution in [3.63, 3.8) is 0 Å². The van der Waals surface area contributed by atoms with Gasteiger partial charge in [0.05, 0.1) is 93.9 Å². The van der Waals surface area contributed by atoms with Crippen molar-refractivity contribution in [2.45, 2.75) is 54.4 Å². The Hall–Kier alpha value is 3.34. The molecular formula is C35H32O4S20. The van der Waals surface area contributed by atoms with Gasteiger partial charge in [-0.3, -0.25) is 9.59 Å². The van der Waals surface area contributed by atoms with E-state index in [4.69, 9.17) is 9.47 Å². The highest BCUT2D eigenvalue weighted by Gasteiger charge is 2.39. The molecule has 0 bridgehead atoms. The number of esters is 2. The monoisotopic (exact) mass is 1160 g/mol. The third kappa shape index (κ3) is 12.5. The zero-order chi connectivity index (χ0) is 41.2. The Bertz CT molecular complexity index is 1950. The first kappa shape index (κ1) is 48.8. The average Bonchev–Trinajstić information content (AvgIpc) is 4.05. The van der Waals surface area contributed by atoms with E-state index in [1.807, 2.05) is 226 Å². The lowest BCUT2D eigenvalue weighted by Crippen LogP contribution is -2.04. The van der Waals surface area contributed by atoms with Crippen LogP contribution in [0.1, 0.15) is 54.4 Å². The van der Waals surface area contributed by atoms with E-state index in [-0.39, 0.29) is 11.9 Å². The van der Waals surface area contributed by atoms with Crippen molar-refractivity contribution < 1.29 is 19.1 Å². The van der Waals surface area contributed by atoms with Crippen LogP contribution in [0.5, 0.6) is 0 Å². The van der Waals surface area contributed by atoms with Gasteiger partial charge in [0.1, 0.15) is 0 Å². The fourth-order valence-electron chi connectivity index (χ4n) is 4.68. The van der Waals surface area contributed by atoms with Crippen LogP contribution in [0, 0.1) is 0 Å². The third-order valence-corrected chi connectivity index (χ3v) is 37.4. The molecule has 0 aromatic carbocycles. The topological polar surface area (TPSA) is 52.6 Å². The Balaban J connectivity index is 0.916. The molecule has 0 radical (unpaired) electrons. The number of hydrogen-bond donors (Lipinski definition) is 0. The normalized spacial score (nSPS) is 22.2. The Morgan fingerprint density at radius 3 is 0.881 bits per heavy atom. The zero-order valence-corrected chi connectivity index (χ0v) is 48.1. The maximum atomic E-state index is 12.2. The van der Waals surface area contributed by atoms with Gasteiger partial charge in [0.15, 0.2) is 0 Å². The molecule has 0 aliphatic carbocycles. The molecule has 0 aromatic rings. The van der Waals surface area contributed by atoms with Gasteiger partial charge in [-0.1, -0.05) is 188 Å². The first-order valence-electron chi connectivity index (χ1n) is 17.5. The summed E-state index contributed by atoms with van der Waals surface area (Å²) >= 11 is 38.0. The molecule has 24 heteroatoms. The van der Waals surface area contributed by atoms with E-state index in [1.54, 1.807) is 23.5 Å². The van der Waals surface area contributed by atoms with Crippen molar-refractivity contribution >= 4 is 247 Å². The van der Waals surface area contributed by atoms with Gasteiger partial charge in [0.2, 0.25) is 0 Å². The van der Waals surface area contributed by atoms with Crippen LogP contribution in [0.4, 0.5) is 0 Å². The van der Waals surface area contributed by atoms with Gasteiger partial charge in [0.25, 0.3) is 0 Å². The summed E-state index contributed by atoms with van der Waals surface area (Å²) in [7, 11) is 0. The molecule has 8 rings (SSSR count). The van der Waals surface area contributed by atoms with E-state index < -0.39 is 0 Å². The Morgan fingerprint density at radius 2 is 0.610 bits per heavy atom. The zero-order valence-electron chi connectivity index (χ0n) is 31.7. The summed E-state index contributed by atoms with van der Waals surface area (Å²) in [4.78, 5) is 30.1. The summed E-state index contributed by atoms with van der Waals surface area (Å²) < 4.78 is 32.4. The molecule has 0 spiro atoms. The van der Waals surface area contributed by atoms with Gasteiger partial charge in [-0.25, -0.2) is 0 Å². The van der Waals surface area contributed by atoms with Crippen molar-refractivity contribution in [1.29, 1.82) is 0 Å². The van der Waals surface area contributed by atoms with Crippen LogP contribution < -0.4 is 0 Å². The van der Waals surface area contributed by atoms with Crippen molar-refractivity contribution in [3.05, 3.63) is 87.4 Å². The number of thioether (sulfide) groups is 20. The van der Waals surface area contributed by atoms with Gasteiger partial charge in [-0.05, 0) is 61.2 Å². The van der Waals surface area contributed by atoms with Gasteiger partial charge in [0, 0.05) is 16.6 Å². The minimum absolute atomic E-state index is 0.135. The lowest BCUT2D eigenvalue weighted by molar-refractivity contribution is -0.143. The Kier molecular flexibility index (Phi) is 19.1. The molecule has 8 aliphatic rings. The maximum Gasteiger partial charge on any atom is 0.306 e. The smallest absolute Gasteiger partial charge is 0.306 e. The quantitative estimate of drug-likeness (QED) is 0.122. The molecule has 316 valence electrons. The lowest BCUT2D eigenvalue weighted by atomic mass is 10.5. The lowest BCUT2D eigenvalue weighted by Gasteiger charge is -2.08. The van der Waals surface area contributed by atoms with Crippen LogP contribution in [-0.2, 0) is 19.1 Å². The van der Waals surface area contributed by atoms with Gasteiger partial charge >= 0.3 is 11.9 Å². The molecule has 8 aliphatic heterocycles. The molecule has 0 unspecified atom stereocenters. The average molecular weight is 1160 g/mol. The number of allylic oxidation sites excluding steroid dienone is 4. The predicted octanol–water partition coefficient (Wildman–Crippen LogP) is 19.1. The van der Waals surface area contributed by atoms with Crippen LogP contribution in [0.25, 0.3) is 0 Å². The summed E-state index contributed by atoms with van der Waals surface area (Å²) in [6.45, 7) is 13.4. The van der Waals surface area contributed by atoms with E-state index in [0.717, 1.165) is 5.08 Å². The molecule has 59 heavy (non-hydrogen) atoms. The first-order valence-corrected chi connectivity index (χ1v) is 34.5. The molecule has 0 N–H and O–H groups in total. The van der Waals surface area contributed by atoms with Crippen LogP contribution in [0.15, 0.2) is 87.4 Å². The fraction of sp³-hybridized carbons (Fsp3) is 0.371. The fourth-order valence-corrected chi connectivity index (χ4v) is 35.8. The first-order chi connectivity index (χ1) is 28.5. The highest BCUT2D eigenvalue weighted by Crippen LogP contribution is 2.74. The van der Waals surface area contributed by atoms with E-state index >= 15 is 0 Å². The van der Waals surface area contributed by atoms with Crippen LogP contribution >= 0.6 is 235 Å². The maximum absolute atomic E-state index is 12.2. The minimum Gasteiger partial charge on any atom is -0.466 e.